The van der Waals surface area contributed by atoms with Gasteiger partial charge in [0.2, 0.25) is 0 Å². The minimum Gasteiger partial charge on any atom is -0.458 e. The van der Waals surface area contributed by atoms with Crippen molar-refractivity contribution in [3.05, 3.63) is 47.5 Å². The molecule has 2 rings (SSSR count). The highest BCUT2D eigenvalue weighted by Crippen LogP contribution is 2.41. The molecular weight excluding hydrogens is 328 g/mol. The van der Waals surface area contributed by atoms with Gasteiger partial charge in [0, 0.05) is 5.57 Å². The molecule has 0 N–H and O–H groups in total. The van der Waals surface area contributed by atoms with Crippen LogP contribution in [-0.4, -0.2) is 18.0 Å². The molecule has 0 saturated heterocycles. The van der Waals surface area contributed by atoms with Gasteiger partial charge in [-0.1, -0.05) is 49.8 Å². The molecule has 0 bridgehead atoms. The van der Waals surface area contributed by atoms with Gasteiger partial charge in [0.25, 0.3) is 0 Å². The minimum atomic E-state index is -0.558. The maximum atomic E-state index is 12.7. The second-order valence-corrected chi connectivity index (χ2v) is 7.32. The van der Waals surface area contributed by atoms with E-state index in [-0.39, 0.29) is 12.4 Å². The largest absolute Gasteiger partial charge is 0.458 e. The van der Waals surface area contributed by atoms with Gasteiger partial charge in [-0.2, -0.15) is 0 Å². The molecule has 0 heterocycles. The summed E-state index contributed by atoms with van der Waals surface area (Å²) >= 11 is 0. The molecule has 1 unspecified atom stereocenters. The number of ether oxygens (including phenoxy) is 2. The standard InChI is InChI=1S/C22H30O4/c1-5-19(25-21(24)16(2)3)15-20(23)26-22(12-7-6-8-13-22)18-11-9-10-17(4)14-18/h9-11,14,19H,2,5-8,12-13,15H2,1,3-4H3. The Morgan fingerprint density at radius 1 is 1.23 bits per heavy atom. The zero-order valence-electron chi connectivity index (χ0n) is 16.2. The Hall–Kier alpha value is -2.10. The Morgan fingerprint density at radius 2 is 1.92 bits per heavy atom. The third kappa shape index (κ3) is 5.20. The molecule has 0 aromatic heterocycles. The second kappa shape index (κ2) is 9.02. The lowest BCUT2D eigenvalue weighted by atomic mass is 9.79. The summed E-state index contributed by atoms with van der Waals surface area (Å²) < 4.78 is 11.4. The maximum absolute atomic E-state index is 12.7. The fourth-order valence-electron chi connectivity index (χ4n) is 3.47. The Morgan fingerprint density at radius 3 is 2.50 bits per heavy atom. The van der Waals surface area contributed by atoms with Crippen molar-refractivity contribution in [2.45, 2.75) is 77.4 Å². The Balaban J connectivity index is 2.11. The van der Waals surface area contributed by atoms with E-state index in [4.69, 9.17) is 9.47 Å². The number of esters is 2. The summed E-state index contributed by atoms with van der Waals surface area (Å²) in [6.45, 7) is 9.12. The van der Waals surface area contributed by atoms with Crippen LogP contribution in [-0.2, 0) is 24.7 Å². The van der Waals surface area contributed by atoms with Crippen molar-refractivity contribution >= 4 is 11.9 Å². The normalized spacial score (nSPS) is 17.2. The SMILES string of the molecule is C=C(C)C(=O)OC(CC)CC(=O)OC1(c2cccc(C)c2)CCCCC1. The number of aryl methyl sites for hydroxylation is 1. The lowest BCUT2D eigenvalue weighted by molar-refractivity contribution is -0.169. The minimum absolute atomic E-state index is 0.0725. The van der Waals surface area contributed by atoms with Crippen LogP contribution in [0.4, 0.5) is 0 Å². The average Bonchev–Trinajstić information content (AvgIpc) is 2.61. The van der Waals surface area contributed by atoms with E-state index >= 15 is 0 Å². The van der Waals surface area contributed by atoms with Crippen LogP contribution in [0.3, 0.4) is 0 Å². The molecule has 4 heteroatoms. The van der Waals surface area contributed by atoms with Crippen molar-refractivity contribution in [2.75, 3.05) is 0 Å². The summed E-state index contributed by atoms with van der Waals surface area (Å²) in [5, 5.41) is 0. The number of carbonyl (C=O) groups excluding carboxylic acids is 2. The third-order valence-electron chi connectivity index (χ3n) is 4.99. The summed E-state index contributed by atoms with van der Waals surface area (Å²) in [7, 11) is 0. The summed E-state index contributed by atoms with van der Waals surface area (Å²) in [4.78, 5) is 24.4. The van der Waals surface area contributed by atoms with Crippen LogP contribution in [0.15, 0.2) is 36.4 Å². The van der Waals surface area contributed by atoms with E-state index in [1.807, 2.05) is 32.0 Å². The molecule has 1 fully saturated rings. The van der Waals surface area contributed by atoms with E-state index in [2.05, 4.69) is 12.6 Å². The molecule has 1 saturated carbocycles. The van der Waals surface area contributed by atoms with Crippen molar-refractivity contribution in [1.82, 2.24) is 0 Å². The molecule has 0 aliphatic heterocycles. The number of hydrogen-bond donors (Lipinski definition) is 0. The van der Waals surface area contributed by atoms with Crippen LogP contribution in [0.25, 0.3) is 0 Å². The van der Waals surface area contributed by atoms with E-state index in [0.717, 1.165) is 36.8 Å². The van der Waals surface area contributed by atoms with Crippen molar-refractivity contribution in [1.29, 1.82) is 0 Å². The zero-order valence-corrected chi connectivity index (χ0v) is 16.2. The molecule has 1 atom stereocenters. The quantitative estimate of drug-likeness (QED) is 0.509. The highest BCUT2D eigenvalue weighted by atomic mass is 16.6. The fraction of sp³-hybridized carbons (Fsp3) is 0.545. The first-order chi connectivity index (χ1) is 12.4. The van der Waals surface area contributed by atoms with Crippen molar-refractivity contribution in [2.24, 2.45) is 0 Å². The predicted octanol–water partition coefficient (Wildman–Crippen LogP) is 4.99. The molecular formula is C22H30O4. The molecule has 1 aromatic rings. The van der Waals surface area contributed by atoms with Crippen LogP contribution in [0.5, 0.6) is 0 Å². The van der Waals surface area contributed by atoms with Crippen LogP contribution < -0.4 is 0 Å². The maximum Gasteiger partial charge on any atom is 0.333 e. The van der Waals surface area contributed by atoms with Gasteiger partial charge in [-0.15, -0.1) is 0 Å². The first kappa shape index (κ1) is 20.2. The monoisotopic (exact) mass is 358 g/mol. The van der Waals surface area contributed by atoms with Crippen molar-refractivity contribution in [3.8, 4) is 0 Å². The molecule has 4 nitrogen and oxygen atoms in total. The highest BCUT2D eigenvalue weighted by molar-refractivity contribution is 5.87. The molecule has 0 amide bonds. The van der Waals surface area contributed by atoms with Gasteiger partial charge >= 0.3 is 11.9 Å². The molecule has 142 valence electrons. The lowest BCUT2D eigenvalue weighted by Crippen LogP contribution is -2.36. The smallest absolute Gasteiger partial charge is 0.333 e. The second-order valence-electron chi connectivity index (χ2n) is 7.32. The number of carbonyl (C=O) groups is 2. The van der Waals surface area contributed by atoms with Crippen molar-refractivity contribution in [3.63, 3.8) is 0 Å². The number of hydrogen-bond acceptors (Lipinski definition) is 4. The van der Waals surface area contributed by atoms with Gasteiger partial charge in [-0.3, -0.25) is 4.79 Å². The highest BCUT2D eigenvalue weighted by Gasteiger charge is 2.38. The van der Waals surface area contributed by atoms with E-state index in [1.165, 1.54) is 6.42 Å². The first-order valence-corrected chi connectivity index (χ1v) is 9.52. The van der Waals surface area contributed by atoms with Gasteiger partial charge in [0.05, 0.1) is 6.42 Å². The topological polar surface area (TPSA) is 52.6 Å². The van der Waals surface area contributed by atoms with Crippen LogP contribution in [0, 0.1) is 6.92 Å². The summed E-state index contributed by atoms with van der Waals surface area (Å²) in [5.41, 5.74) is 2.00. The third-order valence-corrected chi connectivity index (χ3v) is 4.99. The molecule has 1 aliphatic rings. The number of benzene rings is 1. The lowest BCUT2D eigenvalue weighted by Gasteiger charge is -2.37. The Labute approximate surface area is 156 Å². The molecule has 26 heavy (non-hydrogen) atoms. The average molecular weight is 358 g/mol. The van der Waals surface area contributed by atoms with E-state index in [9.17, 15) is 9.59 Å². The van der Waals surface area contributed by atoms with E-state index in [0.29, 0.717) is 12.0 Å². The Bertz CT molecular complexity index is 656. The van der Waals surface area contributed by atoms with Crippen LogP contribution >= 0.6 is 0 Å². The fourth-order valence-corrected chi connectivity index (χ4v) is 3.47. The zero-order chi connectivity index (χ0) is 19.2. The van der Waals surface area contributed by atoms with Gasteiger partial charge in [0.1, 0.15) is 11.7 Å². The first-order valence-electron chi connectivity index (χ1n) is 9.52. The summed E-state index contributed by atoms with van der Waals surface area (Å²) in [5.74, 6) is -0.773. The van der Waals surface area contributed by atoms with Gasteiger partial charge < -0.3 is 9.47 Å². The molecule has 1 aromatic carbocycles. The summed E-state index contributed by atoms with van der Waals surface area (Å²) in [6.07, 6.45) is 5.08. The molecule has 0 radical (unpaired) electrons. The van der Waals surface area contributed by atoms with Gasteiger partial charge in [0.15, 0.2) is 0 Å². The van der Waals surface area contributed by atoms with Crippen LogP contribution in [0.2, 0.25) is 0 Å². The molecule has 1 aliphatic carbocycles. The number of rotatable bonds is 7. The van der Waals surface area contributed by atoms with Crippen LogP contribution in [0.1, 0.15) is 69.9 Å². The van der Waals surface area contributed by atoms with E-state index in [1.54, 1.807) is 6.92 Å². The van der Waals surface area contributed by atoms with Gasteiger partial charge in [-0.05, 0) is 51.5 Å². The van der Waals surface area contributed by atoms with E-state index < -0.39 is 17.7 Å². The predicted molar refractivity (Wildman–Crippen MR) is 102 cm³/mol. The summed E-state index contributed by atoms with van der Waals surface area (Å²) in [6, 6.07) is 8.21. The Kier molecular flexibility index (Phi) is 7.01. The van der Waals surface area contributed by atoms with Gasteiger partial charge in [-0.25, -0.2) is 4.79 Å². The van der Waals surface area contributed by atoms with Crippen molar-refractivity contribution < 1.29 is 19.1 Å². The molecule has 0 spiro atoms.